The third kappa shape index (κ3) is 60.0. The predicted molar refractivity (Wildman–Crippen MR) is 325 cm³/mol. The molecule has 0 spiro atoms. The minimum atomic E-state index is -0.816. The van der Waals surface area contributed by atoms with Gasteiger partial charge in [-0.15, -0.1) is 0 Å². The summed E-state index contributed by atoms with van der Waals surface area (Å²) in [7, 11) is 0. The van der Waals surface area contributed by atoms with Crippen molar-refractivity contribution < 1.29 is 28.6 Å². The van der Waals surface area contributed by atoms with Crippen LogP contribution in [0.3, 0.4) is 0 Å². The summed E-state index contributed by atoms with van der Waals surface area (Å²) in [6.45, 7) is 6.32. The van der Waals surface area contributed by atoms with Gasteiger partial charge in [-0.1, -0.05) is 237 Å². The van der Waals surface area contributed by atoms with E-state index in [1.165, 1.54) is 70.6 Å². The van der Waals surface area contributed by atoms with Crippen molar-refractivity contribution >= 4 is 17.9 Å². The first-order chi connectivity index (χ1) is 37.0. The highest BCUT2D eigenvalue weighted by Gasteiger charge is 2.19. The summed E-state index contributed by atoms with van der Waals surface area (Å²) in [6, 6.07) is 0. The molecule has 1 atom stereocenters. The Bertz CT molecular complexity index is 1660. The number of carbonyl (C=O) groups excluding carboxylic acids is 3. The van der Waals surface area contributed by atoms with Gasteiger partial charge in [-0.25, -0.2) is 0 Å². The summed E-state index contributed by atoms with van der Waals surface area (Å²) >= 11 is 0. The van der Waals surface area contributed by atoms with Crippen molar-refractivity contribution in [2.24, 2.45) is 0 Å². The van der Waals surface area contributed by atoms with Crippen LogP contribution in [0.15, 0.2) is 146 Å². The molecule has 0 saturated carbocycles. The molecular formula is C69H110O6. The zero-order chi connectivity index (χ0) is 54.3. The second-order valence-electron chi connectivity index (χ2n) is 19.5. The lowest BCUT2D eigenvalue weighted by Gasteiger charge is -2.18. The number of hydrogen-bond donors (Lipinski definition) is 0. The van der Waals surface area contributed by atoms with E-state index in [4.69, 9.17) is 14.2 Å². The molecule has 0 aliphatic heterocycles. The van der Waals surface area contributed by atoms with Gasteiger partial charge in [0.2, 0.25) is 0 Å². The molecule has 6 nitrogen and oxygen atoms in total. The lowest BCUT2D eigenvalue weighted by Crippen LogP contribution is -2.30. The number of esters is 3. The molecule has 0 radical (unpaired) electrons. The smallest absolute Gasteiger partial charge is 0.306 e. The minimum absolute atomic E-state index is 0.112. The molecule has 0 heterocycles. The summed E-state index contributed by atoms with van der Waals surface area (Å²) < 4.78 is 16.8. The number of carbonyl (C=O) groups is 3. The fraction of sp³-hybridized carbons (Fsp3) is 0.609. The van der Waals surface area contributed by atoms with Gasteiger partial charge >= 0.3 is 17.9 Å². The molecule has 422 valence electrons. The second kappa shape index (κ2) is 61.8. The maximum atomic E-state index is 12.9. The zero-order valence-electron chi connectivity index (χ0n) is 48.3. The van der Waals surface area contributed by atoms with E-state index in [-0.39, 0.29) is 31.1 Å². The van der Waals surface area contributed by atoms with Crippen LogP contribution in [-0.4, -0.2) is 37.2 Å². The highest BCUT2D eigenvalue weighted by atomic mass is 16.6. The molecule has 0 aromatic rings. The topological polar surface area (TPSA) is 78.9 Å². The Labute approximate surface area is 461 Å². The molecule has 0 bridgehead atoms. The van der Waals surface area contributed by atoms with Gasteiger partial charge < -0.3 is 14.2 Å². The molecule has 0 fully saturated rings. The van der Waals surface area contributed by atoms with Crippen LogP contribution in [0, 0.1) is 0 Å². The molecule has 1 unspecified atom stereocenters. The molecule has 0 N–H and O–H groups in total. The average molecular weight is 1040 g/mol. The minimum Gasteiger partial charge on any atom is -0.462 e. The Kier molecular flexibility index (Phi) is 58.0. The lowest BCUT2D eigenvalue weighted by atomic mass is 10.1. The Morgan fingerprint density at radius 1 is 0.280 bits per heavy atom. The first-order valence-corrected chi connectivity index (χ1v) is 30.3. The van der Waals surface area contributed by atoms with Gasteiger partial charge in [0.25, 0.3) is 0 Å². The van der Waals surface area contributed by atoms with Gasteiger partial charge in [0.1, 0.15) is 13.2 Å². The Morgan fingerprint density at radius 3 is 0.840 bits per heavy atom. The number of allylic oxidation sites excluding steroid dienone is 24. The third-order valence-electron chi connectivity index (χ3n) is 12.3. The number of hydrogen-bond acceptors (Lipinski definition) is 6. The molecule has 0 aliphatic rings. The van der Waals surface area contributed by atoms with Crippen molar-refractivity contribution in [1.29, 1.82) is 0 Å². The van der Waals surface area contributed by atoms with Gasteiger partial charge in [-0.2, -0.15) is 0 Å². The maximum absolute atomic E-state index is 12.9. The van der Waals surface area contributed by atoms with Crippen LogP contribution in [0.25, 0.3) is 0 Å². The van der Waals surface area contributed by atoms with E-state index in [2.05, 4.69) is 167 Å². The van der Waals surface area contributed by atoms with E-state index in [1.54, 1.807) is 0 Å². The summed E-state index contributed by atoms with van der Waals surface area (Å²) in [5.41, 5.74) is 0. The molecule has 0 aliphatic carbocycles. The summed E-state index contributed by atoms with van der Waals surface area (Å²) in [5, 5.41) is 0. The van der Waals surface area contributed by atoms with E-state index in [0.717, 1.165) is 135 Å². The number of rotatable bonds is 53. The highest BCUT2D eigenvalue weighted by Crippen LogP contribution is 2.14. The largest absolute Gasteiger partial charge is 0.462 e. The van der Waals surface area contributed by atoms with E-state index < -0.39 is 6.10 Å². The Balaban J connectivity index is 4.50. The van der Waals surface area contributed by atoms with Crippen molar-refractivity contribution in [2.75, 3.05) is 13.2 Å². The van der Waals surface area contributed by atoms with Crippen LogP contribution in [-0.2, 0) is 28.6 Å². The van der Waals surface area contributed by atoms with Gasteiger partial charge in [-0.3, -0.25) is 14.4 Å². The van der Waals surface area contributed by atoms with Crippen molar-refractivity contribution in [2.45, 2.75) is 258 Å². The lowest BCUT2D eigenvalue weighted by molar-refractivity contribution is -0.167. The fourth-order valence-electron chi connectivity index (χ4n) is 7.82. The van der Waals surface area contributed by atoms with Crippen molar-refractivity contribution in [3.63, 3.8) is 0 Å². The monoisotopic (exact) mass is 1030 g/mol. The summed E-state index contributed by atoms with van der Waals surface area (Å²) in [6.07, 6.45) is 88.4. The quantitative estimate of drug-likeness (QED) is 0.0261. The normalized spacial score (nSPS) is 13.2. The van der Waals surface area contributed by atoms with Crippen LogP contribution in [0.4, 0.5) is 0 Å². The Morgan fingerprint density at radius 2 is 0.520 bits per heavy atom. The molecule has 0 amide bonds. The average Bonchev–Trinajstić information content (AvgIpc) is 3.41. The third-order valence-corrected chi connectivity index (χ3v) is 12.3. The molecule has 0 saturated heterocycles. The standard InChI is InChI=1S/C69H110O6/c1-4-7-10-13-16-19-22-25-28-30-32-33-34-35-37-38-41-44-47-50-53-56-59-62-68(71)74-65-66(64-73-67(70)61-58-55-52-49-46-43-40-27-24-21-18-15-12-9-6-3)75-69(72)63-60-57-54-51-48-45-42-39-36-31-29-26-23-20-17-14-11-8-5-2/h7,9-10,12,16-21,25-29,32-33,35,37,40-41,44,46,49,66H,4-6,8,11,13-15,22-24,30-31,34,36,38-39,42-43,45,47-48,50-65H2,1-3H3/b10-7-,12-9-,19-16-,20-17-,21-18-,28-25-,29-26-,33-32-,37-35-,40-27-,44-41-,49-46-. The molecule has 0 aromatic carbocycles. The van der Waals surface area contributed by atoms with Gasteiger partial charge in [0, 0.05) is 19.3 Å². The van der Waals surface area contributed by atoms with Crippen molar-refractivity contribution in [3.05, 3.63) is 146 Å². The molecule has 75 heavy (non-hydrogen) atoms. The molecule has 0 rings (SSSR count). The fourth-order valence-corrected chi connectivity index (χ4v) is 7.82. The van der Waals surface area contributed by atoms with Crippen LogP contribution in [0.5, 0.6) is 0 Å². The van der Waals surface area contributed by atoms with Gasteiger partial charge in [-0.05, 0) is 141 Å². The van der Waals surface area contributed by atoms with E-state index in [0.29, 0.717) is 25.7 Å². The van der Waals surface area contributed by atoms with Crippen LogP contribution in [0.2, 0.25) is 0 Å². The summed E-state index contributed by atoms with van der Waals surface area (Å²) in [5.74, 6) is -0.984. The second-order valence-corrected chi connectivity index (χ2v) is 19.5. The van der Waals surface area contributed by atoms with E-state index in [1.807, 2.05) is 0 Å². The predicted octanol–water partition coefficient (Wildman–Crippen LogP) is 20.8. The van der Waals surface area contributed by atoms with Crippen molar-refractivity contribution in [3.8, 4) is 0 Å². The zero-order valence-corrected chi connectivity index (χ0v) is 48.3. The number of ether oxygens (including phenoxy) is 3. The maximum Gasteiger partial charge on any atom is 0.306 e. The Hall–Kier alpha value is -4.71. The molecule has 6 heteroatoms. The summed E-state index contributed by atoms with van der Waals surface area (Å²) in [4.78, 5) is 38.3. The van der Waals surface area contributed by atoms with Crippen LogP contribution in [0.1, 0.15) is 252 Å². The highest BCUT2D eigenvalue weighted by molar-refractivity contribution is 5.71. The first-order valence-electron chi connectivity index (χ1n) is 30.3. The first kappa shape index (κ1) is 70.3. The molecule has 0 aromatic heterocycles. The van der Waals surface area contributed by atoms with Crippen molar-refractivity contribution in [1.82, 2.24) is 0 Å². The van der Waals surface area contributed by atoms with Crippen LogP contribution < -0.4 is 0 Å². The van der Waals surface area contributed by atoms with Gasteiger partial charge in [0.15, 0.2) is 6.10 Å². The van der Waals surface area contributed by atoms with E-state index >= 15 is 0 Å². The van der Waals surface area contributed by atoms with Crippen LogP contribution >= 0.6 is 0 Å². The molecular weight excluding hydrogens is 925 g/mol. The van der Waals surface area contributed by atoms with Gasteiger partial charge in [0.05, 0.1) is 0 Å². The number of unbranched alkanes of at least 4 members (excludes halogenated alkanes) is 18. The SMILES string of the molecule is CC/C=C\C/C=C\C/C=C\C/C=C\C/C=C\C/C=C\CCCCCCC(=O)OCC(COC(=O)CCCC/C=C\C/C=C\C/C=C\C/C=C\CC)OC(=O)CCCCCCCCCCC/C=C\C/C=C\CCCCC. The van der Waals surface area contributed by atoms with E-state index in [9.17, 15) is 14.4 Å².